The second kappa shape index (κ2) is 5.89. The summed E-state index contributed by atoms with van der Waals surface area (Å²) in [4.78, 5) is 11.8. The van der Waals surface area contributed by atoms with Gasteiger partial charge in [-0.1, -0.05) is 11.6 Å². The molecule has 0 atom stereocenters. The molecule has 2 nitrogen and oxygen atoms in total. The van der Waals surface area contributed by atoms with Crippen molar-refractivity contribution >= 4 is 40.7 Å². The van der Waals surface area contributed by atoms with Crippen molar-refractivity contribution in [1.29, 1.82) is 0 Å². The molecule has 1 aromatic carbocycles. The van der Waals surface area contributed by atoms with Crippen molar-refractivity contribution in [2.75, 3.05) is 11.8 Å². The Morgan fingerprint density at radius 2 is 2.00 bits per heavy atom. The zero-order valence-corrected chi connectivity index (χ0v) is 11.3. The van der Waals surface area contributed by atoms with Gasteiger partial charge in [0.25, 0.3) is 5.91 Å². The first-order valence-corrected chi connectivity index (χ1v) is 6.26. The van der Waals surface area contributed by atoms with Gasteiger partial charge in [0.2, 0.25) is 0 Å². The van der Waals surface area contributed by atoms with E-state index in [4.69, 9.17) is 34.8 Å². The van der Waals surface area contributed by atoms with Crippen LogP contribution in [0.1, 0.15) is 17.3 Å². The first-order valence-electron chi connectivity index (χ1n) is 4.81. The number of hydrogen-bond donors (Lipinski definition) is 1. The molecule has 0 aromatic heterocycles. The van der Waals surface area contributed by atoms with E-state index in [0.29, 0.717) is 0 Å². The van der Waals surface area contributed by atoms with E-state index in [1.165, 1.54) is 12.1 Å². The van der Waals surface area contributed by atoms with Gasteiger partial charge in [0.1, 0.15) is 5.82 Å². The molecular weight excluding hydrogens is 287 g/mol. The fourth-order valence-electron chi connectivity index (χ4n) is 1.09. The Bertz CT molecular complexity index is 421. The van der Waals surface area contributed by atoms with E-state index in [2.05, 4.69) is 5.32 Å². The quantitative estimate of drug-likeness (QED) is 0.848. The average molecular weight is 299 g/mol. The van der Waals surface area contributed by atoms with Gasteiger partial charge in [-0.2, -0.15) is 0 Å². The lowest BCUT2D eigenvalue weighted by Gasteiger charge is -2.25. The predicted molar refractivity (Wildman–Crippen MR) is 68.7 cm³/mol. The summed E-state index contributed by atoms with van der Waals surface area (Å²) in [6, 6.07) is 3.74. The van der Waals surface area contributed by atoms with Crippen LogP contribution in [0.2, 0.25) is 5.02 Å². The van der Waals surface area contributed by atoms with Crippen LogP contribution < -0.4 is 5.32 Å². The molecule has 0 unspecified atom stereocenters. The normalized spacial score (nSPS) is 11.4. The number of benzene rings is 1. The summed E-state index contributed by atoms with van der Waals surface area (Å²) in [5, 5.41) is 2.57. The van der Waals surface area contributed by atoms with Crippen LogP contribution in [-0.4, -0.2) is 23.2 Å². The average Bonchev–Trinajstić information content (AvgIpc) is 2.32. The monoisotopic (exact) mass is 297 g/mol. The fraction of sp³-hybridized carbons (Fsp3) is 0.364. The summed E-state index contributed by atoms with van der Waals surface area (Å²) in [6.07, 6.45) is 0. The van der Waals surface area contributed by atoms with Crippen molar-refractivity contribution in [3.63, 3.8) is 0 Å². The highest BCUT2D eigenvalue weighted by molar-refractivity contribution is 6.31. The highest BCUT2D eigenvalue weighted by Crippen LogP contribution is 2.17. The molecule has 17 heavy (non-hydrogen) atoms. The first-order chi connectivity index (χ1) is 7.91. The molecule has 1 N–H and O–H groups in total. The van der Waals surface area contributed by atoms with E-state index in [0.717, 1.165) is 6.07 Å². The summed E-state index contributed by atoms with van der Waals surface area (Å²) in [5.74, 6) is -0.606. The van der Waals surface area contributed by atoms with E-state index in [9.17, 15) is 9.18 Å². The second-order valence-electron chi connectivity index (χ2n) is 3.91. The summed E-state index contributed by atoms with van der Waals surface area (Å²) in [7, 11) is 0. The van der Waals surface area contributed by atoms with E-state index in [1.54, 1.807) is 6.92 Å². The molecule has 1 aromatic rings. The van der Waals surface area contributed by atoms with Crippen LogP contribution in [0.4, 0.5) is 4.39 Å². The van der Waals surface area contributed by atoms with Crippen molar-refractivity contribution in [2.24, 2.45) is 0 Å². The van der Waals surface area contributed by atoms with Crippen LogP contribution in [0.15, 0.2) is 18.2 Å². The Morgan fingerprint density at radius 1 is 1.41 bits per heavy atom. The van der Waals surface area contributed by atoms with Crippen molar-refractivity contribution in [3.8, 4) is 0 Å². The molecule has 0 aliphatic rings. The van der Waals surface area contributed by atoms with Crippen LogP contribution in [0.3, 0.4) is 0 Å². The minimum atomic E-state index is -0.707. The number of hydrogen-bond acceptors (Lipinski definition) is 1. The number of amides is 1. The van der Waals surface area contributed by atoms with Crippen LogP contribution in [0.25, 0.3) is 0 Å². The number of rotatable bonds is 4. The van der Waals surface area contributed by atoms with Crippen molar-refractivity contribution in [3.05, 3.63) is 34.6 Å². The third-order valence-electron chi connectivity index (χ3n) is 2.19. The van der Waals surface area contributed by atoms with Gasteiger partial charge in [0.05, 0.1) is 10.6 Å². The number of nitrogens with one attached hydrogen (secondary N) is 1. The third kappa shape index (κ3) is 3.73. The standard InChI is InChI=1S/C11H11Cl3FNO/c1-11(5-12,6-13)16-10(17)7-2-3-9(15)8(14)4-7/h2-4H,5-6H2,1H3,(H,16,17). The molecule has 0 saturated carbocycles. The van der Waals surface area contributed by atoms with Crippen LogP contribution in [0, 0.1) is 5.82 Å². The SMILES string of the molecule is CC(CCl)(CCl)NC(=O)c1ccc(F)c(Cl)c1. The van der Waals surface area contributed by atoms with Crippen LogP contribution in [0.5, 0.6) is 0 Å². The third-order valence-corrected chi connectivity index (χ3v) is 3.66. The molecule has 0 radical (unpaired) electrons. The lowest BCUT2D eigenvalue weighted by Crippen LogP contribution is -2.49. The van der Waals surface area contributed by atoms with Crippen LogP contribution in [-0.2, 0) is 0 Å². The second-order valence-corrected chi connectivity index (χ2v) is 4.85. The Hall–Kier alpha value is -0.510. The maximum absolute atomic E-state index is 12.9. The van der Waals surface area contributed by atoms with Crippen molar-refractivity contribution in [2.45, 2.75) is 12.5 Å². The highest BCUT2D eigenvalue weighted by atomic mass is 35.5. The van der Waals surface area contributed by atoms with E-state index >= 15 is 0 Å². The van der Waals surface area contributed by atoms with Gasteiger partial charge in [0.15, 0.2) is 0 Å². The fourth-order valence-corrected chi connectivity index (χ4v) is 1.69. The lowest BCUT2D eigenvalue weighted by atomic mass is 10.1. The van der Waals surface area contributed by atoms with E-state index in [1.807, 2.05) is 0 Å². The molecule has 0 heterocycles. The Labute approximate surface area is 114 Å². The van der Waals surface area contributed by atoms with Gasteiger partial charge in [-0.25, -0.2) is 4.39 Å². The van der Waals surface area contributed by atoms with Gasteiger partial charge in [0, 0.05) is 17.3 Å². The molecule has 0 aliphatic heterocycles. The smallest absolute Gasteiger partial charge is 0.251 e. The largest absolute Gasteiger partial charge is 0.344 e. The summed E-state index contributed by atoms with van der Waals surface area (Å²) in [6.45, 7) is 1.72. The minimum absolute atomic E-state index is 0.101. The zero-order chi connectivity index (χ0) is 13.1. The first kappa shape index (κ1) is 14.6. The number of carbonyl (C=O) groups is 1. The lowest BCUT2D eigenvalue weighted by molar-refractivity contribution is 0.0921. The molecule has 0 saturated heterocycles. The molecule has 0 fully saturated rings. The molecule has 0 bridgehead atoms. The molecule has 1 rings (SSSR count). The summed E-state index contributed by atoms with van der Waals surface area (Å²) < 4.78 is 12.9. The molecular formula is C11H11Cl3FNO. The van der Waals surface area contributed by atoms with Gasteiger partial charge >= 0.3 is 0 Å². The molecule has 0 spiro atoms. The maximum atomic E-state index is 12.9. The van der Waals surface area contributed by atoms with Gasteiger partial charge in [-0.05, 0) is 25.1 Å². The molecule has 94 valence electrons. The Balaban J connectivity index is 2.86. The van der Waals surface area contributed by atoms with Gasteiger partial charge in [-0.3, -0.25) is 4.79 Å². The molecule has 6 heteroatoms. The van der Waals surface area contributed by atoms with Crippen molar-refractivity contribution < 1.29 is 9.18 Å². The number of carbonyl (C=O) groups excluding carboxylic acids is 1. The minimum Gasteiger partial charge on any atom is -0.344 e. The number of halogens is 4. The number of alkyl halides is 2. The highest BCUT2D eigenvalue weighted by Gasteiger charge is 2.25. The summed E-state index contributed by atoms with van der Waals surface area (Å²) >= 11 is 17.0. The van der Waals surface area contributed by atoms with Crippen LogP contribution >= 0.6 is 34.8 Å². The Kier molecular flexibility index (Phi) is 5.04. The van der Waals surface area contributed by atoms with E-state index < -0.39 is 17.3 Å². The van der Waals surface area contributed by atoms with Gasteiger partial charge < -0.3 is 5.32 Å². The summed E-state index contributed by atoms with van der Waals surface area (Å²) in [5.41, 5.74) is -0.445. The zero-order valence-electron chi connectivity index (χ0n) is 9.07. The van der Waals surface area contributed by atoms with Crippen molar-refractivity contribution in [1.82, 2.24) is 5.32 Å². The Morgan fingerprint density at radius 3 is 2.47 bits per heavy atom. The predicted octanol–water partition coefficient (Wildman–Crippen LogP) is 3.45. The van der Waals surface area contributed by atoms with Gasteiger partial charge in [-0.15, -0.1) is 23.2 Å². The van der Waals surface area contributed by atoms with E-state index in [-0.39, 0.29) is 22.3 Å². The maximum Gasteiger partial charge on any atom is 0.251 e. The molecule has 0 aliphatic carbocycles. The topological polar surface area (TPSA) is 29.1 Å². The molecule has 1 amide bonds.